The summed E-state index contributed by atoms with van der Waals surface area (Å²) in [6, 6.07) is 7.61. The lowest BCUT2D eigenvalue weighted by atomic mass is 10.1. The molecule has 2 saturated heterocycles. The highest BCUT2D eigenvalue weighted by molar-refractivity contribution is 7.88. The highest BCUT2D eigenvalue weighted by Gasteiger charge is 2.26. The van der Waals surface area contributed by atoms with Crippen LogP contribution < -0.4 is 4.90 Å². The van der Waals surface area contributed by atoms with Crippen molar-refractivity contribution in [1.82, 2.24) is 9.21 Å². The van der Waals surface area contributed by atoms with Gasteiger partial charge >= 0.3 is 0 Å². The maximum absolute atomic E-state index is 12.6. The standard InChI is InChI=1S/C16H23N3O4S/c1-24(21,22)19-8-6-18(7-9-19)16(20)14-2-4-15(5-3-14)17-10-12-23-13-11-17/h2-5H,6-13H2,1H3. The molecule has 0 bridgehead atoms. The molecule has 0 atom stereocenters. The molecule has 3 rings (SSSR count). The highest BCUT2D eigenvalue weighted by atomic mass is 32.2. The fraction of sp³-hybridized carbons (Fsp3) is 0.562. The SMILES string of the molecule is CS(=O)(=O)N1CCN(C(=O)c2ccc(N3CCOCC3)cc2)CC1. The molecule has 1 amide bonds. The van der Waals surface area contributed by atoms with Gasteiger partial charge in [0.1, 0.15) is 0 Å². The molecule has 0 radical (unpaired) electrons. The van der Waals surface area contributed by atoms with Crippen molar-refractivity contribution >= 4 is 21.6 Å². The van der Waals surface area contributed by atoms with Gasteiger partial charge in [-0.05, 0) is 24.3 Å². The van der Waals surface area contributed by atoms with Gasteiger partial charge in [-0.15, -0.1) is 0 Å². The number of rotatable bonds is 3. The number of hydrogen-bond donors (Lipinski definition) is 0. The maximum Gasteiger partial charge on any atom is 0.253 e. The number of morpholine rings is 1. The molecule has 1 aromatic rings. The van der Waals surface area contributed by atoms with Crippen LogP contribution in [0, 0.1) is 0 Å². The number of amides is 1. The quantitative estimate of drug-likeness (QED) is 0.779. The van der Waals surface area contributed by atoms with Gasteiger partial charge in [0.25, 0.3) is 5.91 Å². The van der Waals surface area contributed by atoms with Crippen LogP contribution in [-0.4, -0.2) is 82.3 Å². The van der Waals surface area contributed by atoms with E-state index in [1.165, 1.54) is 10.6 Å². The second-order valence-electron chi connectivity index (χ2n) is 6.10. The van der Waals surface area contributed by atoms with Gasteiger partial charge in [-0.3, -0.25) is 4.79 Å². The molecule has 8 heteroatoms. The van der Waals surface area contributed by atoms with Gasteiger partial charge in [-0.1, -0.05) is 0 Å². The zero-order valence-corrected chi connectivity index (χ0v) is 14.7. The molecule has 1 aromatic carbocycles. The monoisotopic (exact) mass is 353 g/mol. The number of benzene rings is 1. The fourth-order valence-corrected chi connectivity index (χ4v) is 3.87. The van der Waals surface area contributed by atoms with E-state index in [1.807, 2.05) is 24.3 Å². The van der Waals surface area contributed by atoms with Gasteiger partial charge in [0.2, 0.25) is 10.0 Å². The van der Waals surface area contributed by atoms with Gasteiger partial charge in [-0.25, -0.2) is 8.42 Å². The predicted octanol–water partition coefficient (Wildman–Crippen LogP) is 0.241. The van der Waals surface area contributed by atoms with Crippen molar-refractivity contribution < 1.29 is 17.9 Å². The summed E-state index contributed by atoms with van der Waals surface area (Å²) >= 11 is 0. The van der Waals surface area contributed by atoms with Crippen molar-refractivity contribution in [2.45, 2.75) is 0 Å². The average Bonchev–Trinajstić information content (AvgIpc) is 2.61. The number of anilines is 1. The molecule has 2 fully saturated rings. The molecular formula is C16H23N3O4S. The molecule has 0 unspecified atom stereocenters. The van der Waals surface area contributed by atoms with E-state index in [2.05, 4.69) is 4.90 Å². The number of hydrogen-bond acceptors (Lipinski definition) is 5. The lowest BCUT2D eigenvalue weighted by Crippen LogP contribution is -2.50. The summed E-state index contributed by atoms with van der Waals surface area (Å²) in [7, 11) is -3.18. The Bertz CT molecular complexity index is 676. The van der Waals surface area contributed by atoms with Crippen molar-refractivity contribution in [1.29, 1.82) is 0 Å². The first-order valence-corrected chi connectivity index (χ1v) is 9.97. The van der Waals surface area contributed by atoms with Crippen LogP contribution in [0.5, 0.6) is 0 Å². The summed E-state index contributed by atoms with van der Waals surface area (Å²) in [5, 5.41) is 0. The van der Waals surface area contributed by atoms with Crippen LogP contribution in [0.15, 0.2) is 24.3 Å². The van der Waals surface area contributed by atoms with E-state index < -0.39 is 10.0 Å². The Morgan fingerprint density at radius 1 is 0.958 bits per heavy atom. The van der Waals surface area contributed by atoms with Crippen LogP contribution in [0.2, 0.25) is 0 Å². The van der Waals surface area contributed by atoms with Gasteiger partial charge in [0, 0.05) is 50.5 Å². The third-order valence-corrected chi connectivity index (χ3v) is 5.79. The Balaban J connectivity index is 1.61. The van der Waals surface area contributed by atoms with E-state index in [0.717, 1.165) is 32.0 Å². The van der Waals surface area contributed by atoms with Crippen molar-refractivity contribution in [2.75, 3.05) is 63.6 Å². The maximum atomic E-state index is 12.6. The smallest absolute Gasteiger partial charge is 0.253 e. The van der Waals surface area contributed by atoms with E-state index in [0.29, 0.717) is 31.7 Å². The van der Waals surface area contributed by atoms with Crippen molar-refractivity contribution in [3.8, 4) is 0 Å². The zero-order chi connectivity index (χ0) is 17.2. The van der Waals surface area contributed by atoms with Crippen LogP contribution in [0.4, 0.5) is 5.69 Å². The number of nitrogens with zero attached hydrogens (tertiary/aromatic N) is 3. The number of ether oxygens (including phenoxy) is 1. The molecular weight excluding hydrogens is 330 g/mol. The lowest BCUT2D eigenvalue weighted by molar-refractivity contribution is 0.0698. The summed E-state index contributed by atoms with van der Waals surface area (Å²) in [5.74, 6) is -0.0447. The third kappa shape index (κ3) is 3.88. The first kappa shape index (κ1) is 17.2. The Hall–Kier alpha value is -1.64. The van der Waals surface area contributed by atoms with E-state index in [-0.39, 0.29) is 5.91 Å². The predicted molar refractivity (Wildman–Crippen MR) is 91.8 cm³/mol. The Kier molecular flexibility index (Phi) is 5.07. The van der Waals surface area contributed by atoms with Gasteiger partial charge in [0.15, 0.2) is 0 Å². The minimum Gasteiger partial charge on any atom is -0.378 e. The topological polar surface area (TPSA) is 70.2 Å². The third-order valence-electron chi connectivity index (χ3n) is 4.49. The normalized spacial score (nSPS) is 20.2. The molecule has 2 aliphatic rings. The second kappa shape index (κ2) is 7.08. The van der Waals surface area contributed by atoms with Crippen molar-refractivity contribution in [3.63, 3.8) is 0 Å². The van der Waals surface area contributed by atoms with Crippen LogP contribution in [0.1, 0.15) is 10.4 Å². The summed E-state index contributed by atoms with van der Waals surface area (Å²) in [6.07, 6.45) is 1.20. The summed E-state index contributed by atoms with van der Waals surface area (Å²) in [5.41, 5.74) is 1.73. The van der Waals surface area contributed by atoms with Crippen LogP contribution in [0.3, 0.4) is 0 Å². The van der Waals surface area contributed by atoms with Crippen molar-refractivity contribution in [2.24, 2.45) is 0 Å². The second-order valence-corrected chi connectivity index (χ2v) is 8.08. The van der Waals surface area contributed by atoms with E-state index >= 15 is 0 Å². The number of sulfonamides is 1. The van der Waals surface area contributed by atoms with Crippen LogP contribution in [0.25, 0.3) is 0 Å². The van der Waals surface area contributed by atoms with Gasteiger partial charge in [0.05, 0.1) is 19.5 Å². The van der Waals surface area contributed by atoms with Gasteiger partial charge in [-0.2, -0.15) is 4.31 Å². The molecule has 0 aromatic heterocycles. The number of carbonyl (C=O) groups is 1. The minimum absolute atomic E-state index is 0.0447. The minimum atomic E-state index is -3.18. The molecule has 24 heavy (non-hydrogen) atoms. The lowest BCUT2D eigenvalue weighted by Gasteiger charge is -2.33. The fourth-order valence-electron chi connectivity index (χ4n) is 3.04. The molecule has 0 N–H and O–H groups in total. The molecule has 2 heterocycles. The molecule has 7 nitrogen and oxygen atoms in total. The Labute approximate surface area is 142 Å². The zero-order valence-electron chi connectivity index (χ0n) is 13.8. The molecule has 0 saturated carbocycles. The van der Waals surface area contributed by atoms with Crippen LogP contribution >= 0.6 is 0 Å². The molecule has 132 valence electrons. The summed E-state index contributed by atoms with van der Waals surface area (Å²) in [6.45, 7) is 4.75. The average molecular weight is 353 g/mol. The van der Waals surface area contributed by atoms with E-state index in [1.54, 1.807) is 4.90 Å². The van der Waals surface area contributed by atoms with E-state index in [9.17, 15) is 13.2 Å². The molecule has 0 aliphatic carbocycles. The number of piperazine rings is 1. The largest absolute Gasteiger partial charge is 0.378 e. The summed E-state index contributed by atoms with van der Waals surface area (Å²) < 4.78 is 29.8. The van der Waals surface area contributed by atoms with Crippen LogP contribution in [-0.2, 0) is 14.8 Å². The molecule has 2 aliphatic heterocycles. The molecule has 0 spiro atoms. The number of carbonyl (C=O) groups excluding carboxylic acids is 1. The summed E-state index contributed by atoms with van der Waals surface area (Å²) in [4.78, 5) is 16.5. The first-order chi connectivity index (χ1) is 11.4. The Morgan fingerprint density at radius 2 is 1.54 bits per heavy atom. The van der Waals surface area contributed by atoms with E-state index in [4.69, 9.17) is 4.74 Å². The Morgan fingerprint density at radius 3 is 2.08 bits per heavy atom. The first-order valence-electron chi connectivity index (χ1n) is 8.12. The van der Waals surface area contributed by atoms with Crippen molar-refractivity contribution in [3.05, 3.63) is 29.8 Å². The highest BCUT2D eigenvalue weighted by Crippen LogP contribution is 2.18. The van der Waals surface area contributed by atoms with Gasteiger partial charge < -0.3 is 14.5 Å².